The van der Waals surface area contributed by atoms with Gasteiger partial charge in [0.05, 0.1) is 0 Å². The minimum Gasteiger partial charge on any atom is -0.504 e. The first-order valence-electron chi connectivity index (χ1n) is 9.14. The van der Waals surface area contributed by atoms with Gasteiger partial charge >= 0.3 is 0 Å². The molecule has 2 aromatic rings. The van der Waals surface area contributed by atoms with Crippen LogP contribution in [0.1, 0.15) is 41.9 Å². The Labute approximate surface area is 154 Å². The summed E-state index contributed by atoms with van der Waals surface area (Å²) >= 11 is 0. The van der Waals surface area contributed by atoms with Crippen molar-refractivity contribution >= 4 is 5.91 Å². The summed E-state index contributed by atoms with van der Waals surface area (Å²) < 4.78 is 0. The van der Waals surface area contributed by atoms with Crippen LogP contribution in [0.15, 0.2) is 42.5 Å². The van der Waals surface area contributed by atoms with Crippen molar-refractivity contribution in [2.24, 2.45) is 5.73 Å². The highest BCUT2D eigenvalue weighted by molar-refractivity contribution is 5.76. The Morgan fingerprint density at radius 1 is 1.04 bits per heavy atom. The Morgan fingerprint density at radius 2 is 1.81 bits per heavy atom. The number of phenols is 2. The fourth-order valence-corrected chi connectivity index (χ4v) is 3.57. The van der Waals surface area contributed by atoms with Crippen LogP contribution in [0.25, 0.3) is 0 Å². The topological polar surface area (TPSA) is 86.8 Å². The predicted molar refractivity (Wildman–Crippen MR) is 101 cm³/mol. The molecule has 0 aliphatic carbocycles. The first-order chi connectivity index (χ1) is 12.6. The minimum atomic E-state index is -0.143. The van der Waals surface area contributed by atoms with Gasteiger partial charge in [0.1, 0.15) is 0 Å². The molecule has 0 radical (unpaired) electrons. The van der Waals surface area contributed by atoms with Crippen molar-refractivity contribution in [1.82, 2.24) is 4.90 Å². The smallest absolute Gasteiger partial charge is 0.222 e. The van der Waals surface area contributed by atoms with Gasteiger partial charge in [-0.25, -0.2) is 0 Å². The fourth-order valence-electron chi connectivity index (χ4n) is 3.57. The quantitative estimate of drug-likeness (QED) is 0.721. The highest BCUT2D eigenvalue weighted by Crippen LogP contribution is 2.29. The molecule has 4 N–H and O–H groups in total. The van der Waals surface area contributed by atoms with E-state index in [2.05, 4.69) is 18.2 Å². The number of nitrogens with two attached hydrogens (primary N) is 1. The maximum absolute atomic E-state index is 12.5. The number of benzene rings is 2. The maximum Gasteiger partial charge on any atom is 0.222 e. The van der Waals surface area contributed by atoms with Gasteiger partial charge in [0.2, 0.25) is 5.91 Å². The summed E-state index contributed by atoms with van der Waals surface area (Å²) in [5, 5.41) is 18.9. The van der Waals surface area contributed by atoms with E-state index in [1.165, 1.54) is 17.7 Å². The van der Waals surface area contributed by atoms with E-state index < -0.39 is 0 Å². The number of carbonyl (C=O) groups is 1. The molecule has 1 aliphatic heterocycles. The molecule has 2 aromatic carbocycles. The Morgan fingerprint density at radius 3 is 2.50 bits per heavy atom. The van der Waals surface area contributed by atoms with Gasteiger partial charge in [0.25, 0.3) is 0 Å². The number of hydrogen-bond acceptors (Lipinski definition) is 4. The molecule has 1 heterocycles. The van der Waals surface area contributed by atoms with E-state index in [1.807, 2.05) is 11.0 Å². The van der Waals surface area contributed by atoms with Gasteiger partial charge in [-0.3, -0.25) is 4.79 Å². The third-order valence-electron chi connectivity index (χ3n) is 5.17. The van der Waals surface area contributed by atoms with E-state index in [4.69, 9.17) is 5.73 Å². The molecule has 26 heavy (non-hydrogen) atoms. The van der Waals surface area contributed by atoms with Gasteiger partial charge in [-0.1, -0.05) is 30.3 Å². The second-order valence-electron chi connectivity index (χ2n) is 6.93. The zero-order valence-electron chi connectivity index (χ0n) is 14.9. The Kier molecular flexibility index (Phi) is 5.78. The molecule has 1 saturated heterocycles. The molecular formula is C21H26N2O3. The third kappa shape index (κ3) is 4.35. The standard InChI is InChI=1S/C21H26N2O3/c22-14-16-2-1-3-18(12-16)17-8-10-23(11-9-17)21(26)7-5-15-4-6-19(24)20(25)13-15/h1-4,6,12-13,17,24-25H,5,7-11,14,22H2. The first-order valence-corrected chi connectivity index (χ1v) is 9.14. The molecule has 0 spiro atoms. The van der Waals surface area contributed by atoms with Crippen LogP contribution < -0.4 is 5.73 Å². The van der Waals surface area contributed by atoms with Crippen molar-refractivity contribution < 1.29 is 15.0 Å². The number of amides is 1. The summed E-state index contributed by atoms with van der Waals surface area (Å²) in [5.41, 5.74) is 9.05. The van der Waals surface area contributed by atoms with Crippen LogP contribution in [0.2, 0.25) is 0 Å². The number of carbonyl (C=O) groups excluding carboxylic acids is 1. The zero-order valence-corrected chi connectivity index (χ0v) is 14.9. The molecule has 0 atom stereocenters. The molecule has 5 heteroatoms. The average Bonchev–Trinajstić information content (AvgIpc) is 2.69. The summed E-state index contributed by atoms with van der Waals surface area (Å²) in [6.45, 7) is 2.10. The molecule has 0 saturated carbocycles. The number of likely N-dealkylation sites (tertiary alicyclic amines) is 1. The third-order valence-corrected chi connectivity index (χ3v) is 5.17. The van der Waals surface area contributed by atoms with Crippen molar-refractivity contribution in [3.05, 3.63) is 59.2 Å². The van der Waals surface area contributed by atoms with E-state index in [0.717, 1.165) is 37.1 Å². The number of piperidine rings is 1. The zero-order chi connectivity index (χ0) is 18.5. The lowest BCUT2D eigenvalue weighted by molar-refractivity contribution is -0.132. The van der Waals surface area contributed by atoms with Crippen LogP contribution in [0.4, 0.5) is 0 Å². The lowest BCUT2D eigenvalue weighted by Gasteiger charge is -2.32. The molecule has 0 aromatic heterocycles. The van der Waals surface area contributed by atoms with Crippen molar-refractivity contribution in [2.75, 3.05) is 13.1 Å². The second kappa shape index (κ2) is 8.23. The van der Waals surface area contributed by atoms with Crippen molar-refractivity contribution in [3.63, 3.8) is 0 Å². The van der Waals surface area contributed by atoms with Crippen molar-refractivity contribution in [1.29, 1.82) is 0 Å². The minimum absolute atomic E-state index is 0.138. The van der Waals surface area contributed by atoms with Gasteiger partial charge in [0, 0.05) is 26.1 Å². The summed E-state index contributed by atoms with van der Waals surface area (Å²) in [6, 6.07) is 13.1. The summed E-state index contributed by atoms with van der Waals surface area (Å²) in [5.74, 6) is 0.350. The van der Waals surface area contributed by atoms with Crippen molar-refractivity contribution in [2.45, 2.75) is 38.1 Å². The Balaban J connectivity index is 1.50. The van der Waals surface area contributed by atoms with E-state index in [1.54, 1.807) is 6.07 Å². The number of rotatable bonds is 5. The van der Waals surface area contributed by atoms with Crippen LogP contribution in [0.3, 0.4) is 0 Å². The molecule has 0 unspecified atom stereocenters. The van der Waals surface area contributed by atoms with E-state index in [-0.39, 0.29) is 17.4 Å². The van der Waals surface area contributed by atoms with Gasteiger partial charge in [-0.15, -0.1) is 0 Å². The number of aromatic hydroxyl groups is 2. The average molecular weight is 354 g/mol. The van der Waals surface area contributed by atoms with Crippen LogP contribution >= 0.6 is 0 Å². The largest absolute Gasteiger partial charge is 0.504 e. The number of aryl methyl sites for hydroxylation is 1. The number of hydrogen-bond donors (Lipinski definition) is 3. The highest BCUT2D eigenvalue weighted by atomic mass is 16.3. The normalized spacial score (nSPS) is 15.2. The number of phenolic OH excluding ortho intramolecular Hbond substituents is 2. The van der Waals surface area contributed by atoms with E-state index in [0.29, 0.717) is 25.3 Å². The first kappa shape index (κ1) is 18.3. The fraction of sp³-hybridized carbons (Fsp3) is 0.381. The van der Waals surface area contributed by atoms with Crippen molar-refractivity contribution in [3.8, 4) is 11.5 Å². The van der Waals surface area contributed by atoms with Crippen LogP contribution in [-0.4, -0.2) is 34.1 Å². The lowest BCUT2D eigenvalue weighted by Crippen LogP contribution is -2.38. The predicted octanol–water partition coefficient (Wildman–Crippen LogP) is 2.90. The van der Waals surface area contributed by atoms with Crippen LogP contribution in [0, 0.1) is 0 Å². The molecule has 0 bridgehead atoms. The molecule has 1 amide bonds. The van der Waals surface area contributed by atoms with E-state index in [9.17, 15) is 15.0 Å². The molecule has 3 rings (SSSR count). The van der Waals surface area contributed by atoms with Crippen LogP contribution in [0.5, 0.6) is 11.5 Å². The summed E-state index contributed by atoms with van der Waals surface area (Å²) in [4.78, 5) is 14.4. The molecule has 5 nitrogen and oxygen atoms in total. The van der Waals surface area contributed by atoms with Gasteiger partial charge in [-0.05, 0) is 54.0 Å². The van der Waals surface area contributed by atoms with Gasteiger partial charge in [-0.2, -0.15) is 0 Å². The second-order valence-corrected chi connectivity index (χ2v) is 6.93. The van der Waals surface area contributed by atoms with Gasteiger partial charge in [0.15, 0.2) is 11.5 Å². The van der Waals surface area contributed by atoms with Gasteiger partial charge < -0.3 is 20.8 Å². The SMILES string of the molecule is NCc1cccc(C2CCN(C(=O)CCc3ccc(O)c(O)c3)CC2)c1. The number of nitrogens with zero attached hydrogens (tertiary/aromatic N) is 1. The summed E-state index contributed by atoms with van der Waals surface area (Å²) in [6.07, 6.45) is 2.92. The molecule has 1 fully saturated rings. The van der Waals surface area contributed by atoms with Crippen LogP contribution in [-0.2, 0) is 17.8 Å². The monoisotopic (exact) mass is 354 g/mol. The highest BCUT2D eigenvalue weighted by Gasteiger charge is 2.23. The Hall–Kier alpha value is -2.53. The molecule has 138 valence electrons. The molecule has 1 aliphatic rings. The lowest BCUT2D eigenvalue weighted by atomic mass is 9.88. The Bertz CT molecular complexity index is 768. The maximum atomic E-state index is 12.5. The summed E-state index contributed by atoms with van der Waals surface area (Å²) in [7, 11) is 0. The van der Waals surface area contributed by atoms with E-state index >= 15 is 0 Å². The molecular weight excluding hydrogens is 328 g/mol.